The zero-order valence-corrected chi connectivity index (χ0v) is 24.6. The Hall–Kier alpha value is -2.81. The van der Waals surface area contributed by atoms with Crippen molar-refractivity contribution in [2.45, 2.75) is 49.2 Å². The molecule has 3 saturated heterocycles. The van der Waals surface area contributed by atoms with Gasteiger partial charge in [-0.3, -0.25) is 22.7 Å². The monoisotopic (exact) mass is 677 g/mol. The van der Waals surface area contributed by atoms with Gasteiger partial charge < -0.3 is 35.3 Å². The molecule has 3 aliphatic heterocycles. The highest BCUT2D eigenvalue weighted by atomic mass is 32.5. The Kier molecular flexibility index (Phi) is 7.41. The molecule has 0 saturated carbocycles. The third-order valence-electron chi connectivity index (χ3n) is 7.27. The molecule has 0 radical (unpaired) electrons. The van der Waals surface area contributed by atoms with Crippen molar-refractivity contribution < 1.29 is 50.7 Å². The first-order chi connectivity index (χ1) is 20.9. The van der Waals surface area contributed by atoms with Crippen molar-refractivity contribution in [3.8, 4) is 0 Å². The second-order valence-electron chi connectivity index (χ2n) is 9.99. The summed E-state index contributed by atoms with van der Waals surface area (Å²) in [7, 11) is -5.06. The number of pyridine rings is 1. The summed E-state index contributed by atoms with van der Waals surface area (Å²) in [5.74, 6) is 0.0300. The van der Waals surface area contributed by atoms with Gasteiger partial charge >= 0.3 is 14.5 Å². The summed E-state index contributed by atoms with van der Waals surface area (Å²) in [6, 6.07) is 1.51. The lowest BCUT2D eigenvalue weighted by molar-refractivity contribution is -0.0623. The molecule has 236 valence electrons. The van der Waals surface area contributed by atoms with E-state index >= 15 is 8.78 Å². The molecule has 18 nitrogen and oxygen atoms in total. The Bertz CT molecular complexity index is 1710. The first-order valence-electron chi connectivity index (χ1n) is 12.8. The van der Waals surface area contributed by atoms with E-state index in [2.05, 4.69) is 24.9 Å². The number of nitrogens with two attached hydrogens (primary N) is 2. The van der Waals surface area contributed by atoms with E-state index in [9.17, 15) is 14.4 Å². The zero-order valence-electron chi connectivity index (χ0n) is 22.0. The predicted molar refractivity (Wildman–Crippen MR) is 147 cm³/mol. The molecular weight excluding hydrogens is 654 g/mol. The van der Waals surface area contributed by atoms with Crippen LogP contribution < -0.4 is 11.5 Å². The summed E-state index contributed by atoms with van der Waals surface area (Å²) < 4.78 is 80.1. The van der Waals surface area contributed by atoms with Crippen LogP contribution in [0.15, 0.2) is 31.2 Å². The lowest BCUT2D eigenvalue weighted by atomic mass is 10.1. The van der Waals surface area contributed by atoms with Gasteiger partial charge in [-0.1, -0.05) is 0 Å². The van der Waals surface area contributed by atoms with Crippen molar-refractivity contribution in [1.29, 1.82) is 0 Å². The number of aromatic nitrogens is 7. The third-order valence-corrected chi connectivity index (χ3v) is 9.82. The average molecular weight is 677 g/mol. The molecule has 3 aliphatic rings. The van der Waals surface area contributed by atoms with Crippen LogP contribution in [-0.4, -0.2) is 93.8 Å². The quantitative estimate of drug-likeness (QED) is 0.217. The van der Waals surface area contributed by atoms with Gasteiger partial charge in [0.05, 0.1) is 31.6 Å². The van der Waals surface area contributed by atoms with E-state index in [0.29, 0.717) is 0 Å². The number of phosphoric acid groups is 1. The number of nitrogen functional groups attached to an aromatic ring is 2. The van der Waals surface area contributed by atoms with Crippen molar-refractivity contribution in [2.75, 3.05) is 24.7 Å². The highest BCUT2D eigenvalue weighted by molar-refractivity contribution is 8.07. The van der Waals surface area contributed by atoms with Crippen LogP contribution in [0.4, 0.5) is 20.3 Å². The van der Waals surface area contributed by atoms with Gasteiger partial charge in [0.25, 0.3) is 0 Å². The fourth-order valence-corrected chi connectivity index (χ4v) is 7.65. The molecule has 23 heteroatoms. The van der Waals surface area contributed by atoms with Crippen molar-refractivity contribution in [3.05, 3.63) is 31.2 Å². The third kappa shape index (κ3) is 5.17. The summed E-state index contributed by atoms with van der Waals surface area (Å²) in [6.45, 7) is -5.77. The molecule has 2 unspecified atom stereocenters. The number of anilines is 2. The number of hydrogen-bond acceptors (Lipinski definition) is 15. The van der Waals surface area contributed by atoms with Crippen molar-refractivity contribution >= 4 is 60.2 Å². The Labute approximate surface area is 250 Å². The van der Waals surface area contributed by atoms with E-state index in [1.165, 1.54) is 34.1 Å². The number of halogens is 2. The SMILES string of the molecule is Nc1ccnc2c1ncn2[C@@H]1O[C@@H]2COP(=O)(O)O[C@H]3[C@@H](F)[C@H](n4cnc5c(N)ncnc54)O[C@@H]3COP(O)(=S)O[C@H]2[C@H]1F. The second kappa shape index (κ2) is 10.9. The van der Waals surface area contributed by atoms with Crippen LogP contribution >= 0.6 is 14.5 Å². The van der Waals surface area contributed by atoms with Gasteiger partial charge in [0, 0.05) is 6.20 Å². The van der Waals surface area contributed by atoms with Crippen molar-refractivity contribution in [2.24, 2.45) is 0 Å². The molecule has 0 aromatic carbocycles. The number of rotatable bonds is 2. The lowest BCUT2D eigenvalue weighted by Gasteiger charge is -2.28. The number of nitrogens with zero attached hydrogens (tertiary/aromatic N) is 7. The Morgan fingerprint density at radius 1 is 0.864 bits per heavy atom. The summed E-state index contributed by atoms with van der Waals surface area (Å²) in [5, 5.41) is 0. The first kappa shape index (κ1) is 29.9. The predicted octanol–water partition coefficient (Wildman–Crippen LogP) is 1.04. The minimum atomic E-state index is -5.06. The van der Waals surface area contributed by atoms with E-state index in [1.54, 1.807) is 0 Å². The average Bonchev–Trinajstić information content (AvgIpc) is 3.73. The highest BCUT2D eigenvalue weighted by Crippen LogP contribution is 2.54. The van der Waals surface area contributed by atoms with Gasteiger partial charge in [0.15, 0.2) is 41.9 Å². The molecular formula is C21H23F2N9O9P2S. The lowest BCUT2D eigenvalue weighted by Crippen LogP contribution is -2.37. The molecule has 4 aromatic heterocycles. The molecule has 7 heterocycles. The topological polar surface area (TPSA) is 239 Å². The Morgan fingerprint density at radius 3 is 2.14 bits per heavy atom. The number of alkyl halides is 2. The van der Waals surface area contributed by atoms with Crippen LogP contribution in [-0.2, 0) is 43.9 Å². The van der Waals surface area contributed by atoms with Gasteiger partial charge in [-0.05, 0) is 17.9 Å². The van der Waals surface area contributed by atoms with Crippen LogP contribution in [0.2, 0.25) is 0 Å². The molecule has 0 aliphatic carbocycles. The Balaban J connectivity index is 1.17. The van der Waals surface area contributed by atoms with Gasteiger partial charge in [-0.15, -0.1) is 0 Å². The number of imidazole rings is 2. The normalized spacial score (nSPS) is 38.3. The summed E-state index contributed by atoms with van der Waals surface area (Å²) in [5.41, 5.74) is 12.8. The zero-order chi connectivity index (χ0) is 31.0. The largest absolute Gasteiger partial charge is 0.472 e. The number of fused-ring (bicyclic) bond motifs is 4. The second-order valence-corrected chi connectivity index (χ2v) is 14.2. The minimum absolute atomic E-state index is 0.0300. The van der Waals surface area contributed by atoms with E-state index in [4.69, 9.17) is 50.8 Å². The van der Waals surface area contributed by atoms with Gasteiger partial charge in [0.1, 0.15) is 41.8 Å². The van der Waals surface area contributed by atoms with Crippen LogP contribution in [0.1, 0.15) is 12.5 Å². The fraction of sp³-hybridized carbons (Fsp3) is 0.476. The molecule has 3 fully saturated rings. The maximum absolute atomic E-state index is 15.9. The molecule has 4 aromatic rings. The highest BCUT2D eigenvalue weighted by Gasteiger charge is 2.54. The molecule has 44 heavy (non-hydrogen) atoms. The molecule has 10 atom stereocenters. The van der Waals surface area contributed by atoms with Gasteiger partial charge in [-0.25, -0.2) is 38.3 Å². The van der Waals surface area contributed by atoms with Crippen LogP contribution in [0.3, 0.4) is 0 Å². The summed E-state index contributed by atoms with van der Waals surface area (Å²) >= 11 is 5.13. The number of hydrogen-bond donors (Lipinski definition) is 4. The van der Waals surface area contributed by atoms with Gasteiger partial charge in [-0.2, -0.15) is 0 Å². The fourth-order valence-electron chi connectivity index (χ4n) is 5.26. The molecule has 0 amide bonds. The maximum atomic E-state index is 15.9. The first-order valence-corrected chi connectivity index (χ1v) is 16.9. The summed E-state index contributed by atoms with van der Waals surface area (Å²) in [4.78, 5) is 41.7. The molecule has 0 bridgehead atoms. The van der Waals surface area contributed by atoms with Crippen molar-refractivity contribution in [3.63, 3.8) is 0 Å². The van der Waals surface area contributed by atoms with E-state index < -0.39 is 77.0 Å². The van der Waals surface area contributed by atoms with E-state index in [0.717, 1.165) is 6.33 Å². The molecule has 7 rings (SSSR count). The van der Waals surface area contributed by atoms with Crippen LogP contribution in [0.25, 0.3) is 22.3 Å². The Morgan fingerprint density at radius 2 is 1.45 bits per heavy atom. The standard InChI is InChI=1S/C21H23F2N9O9P2S/c22-11-15-10(39-20(11)32-7-30-14-17(25)27-5-28-19(14)32)4-37-43(35,44)41-16-9(3-36-42(33,34)40-15)38-21(12(16)23)31-6-29-13-8(24)1-2-26-18(13)31/h1-2,5-7,9-12,15-16,20-21H,3-4H2,(H2,24,26)(H,33,34)(H,35,44)(H2,25,27,28)/t9-,10-,11-,12-,15-,16-,20-,21-,43?/m1/s1. The van der Waals surface area contributed by atoms with E-state index in [1.807, 2.05) is 0 Å². The minimum Gasteiger partial charge on any atom is -0.397 e. The van der Waals surface area contributed by atoms with Crippen molar-refractivity contribution in [1.82, 2.24) is 34.1 Å². The maximum Gasteiger partial charge on any atom is 0.472 e. The van der Waals surface area contributed by atoms with Crippen LogP contribution in [0.5, 0.6) is 0 Å². The van der Waals surface area contributed by atoms with Gasteiger partial charge in [0.2, 0.25) is 0 Å². The van der Waals surface area contributed by atoms with Crippen LogP contribution in [0, 0.1) is 0 Å². The number of phosphoric ester groups is 1. The smallest absolute Gasteiger partial charge is 0.397 e. The molecule has 6 N–H and O–H groups in total. The summed E-state index contributed by atoms with van der Waals surface area (Å²) in [6.07, 6.45) is -8.44. The number of ether oxygens (including phenoxy) is 2. The molecule has 0 spiro atoms. The van der Waals surface area contributed by atoms with E-state index in [-0.39, 0.29) is 33.8 Å².